The van der Waals surface area contributed by atoms with Crippen LogP contribution in [0.25, 0.3) is 0 Å². The summed E-state index contributed by atoms with van der Waals surface area (Å²) < 4.78 is 5.12. The maximum atomic E-state index is 12.1. The molecular formula is C16H23ClN2O3. The standard InChI is InChI=1S/C16H23ClN2O3/c1-11-9-14(17)19-10-12(11)13(20)7-5-6-8-18-15(21)22-16(2,3)4/h9-10H,5-8H2,1-4H3,(H,18,21). The lowest BCUT2D eigenvalue weighted by Gasteiger charge is -2.19. The molecule has 5 nitrogen and oxygen atoms in total. The van der Waals surface area contributed by atoms with Gasteiger partial charge in [-0.05, 0) is 52.2 Å². The van der Waals surface area contributed by atoms with E-state index in [0.717, 1.165) is 5.56 Å². The zero-order valence-corrected chi connectivity index (χ0v) is 14.3. The summed E-state index contributed by atoms with van der Waals surface area (Å²) in [6, 6.07) is 1.68. The molecule has 0 aromatic carbocycles. The van der Waals surface area contributed by atoms with Gasteiger partial charge in [0, 0.05) is 24.7 Å². The highest BCUT2D eigenvalue weighted by molar-refractivity contribution is 6.29. The summed E-state index contributed by atoms with van der Waals surface area (Å²) in [5.41, 5.74) is 0.931. The zero-order valence-electron chi connectivity index (χ0n) is 13.5. The van der Waals surface area contributed by atoms with Gasteiger partial charge in [-0.15, -0.1) is 0 Å². The number of nitrogens with one attached hydrogen (secondary N) is 1. The van der Waals surface area contributed by atoms with Gasteiger partial charge in [0.2, 0.25) is 0 Å². The molecule has 1 aromatic rings. The number of aromatic nitrogens is 1. The van der Waals surface area contributed by atoms with Crippen molar-refractivity contribution in [3.8, 4) is 0 Å². The van der Waals surface area contributed by atoms with Crippen LogP contribution in [0.2, 0.25) is 5.15 Å². The number of ketones is 1. The quantitative estimate of drug-likeness (QED) is 0.488. The van der Waals surface area contributed by atoms with Crippen molar-refractivity contribution in [3.05, 3.63) is 28.5 Å². The highest BCUT2D eigenvalue weighted by Gasteiger charge is 2.15. The molecule has 0 spiro atoms. The molecule has 1 heterocycles. The topological polar surface area (TPSA) is 68.3 Å². The first-order valence-electron chi connectivity index (χ1n) is 7.31. The summed E-state index contributed by atoms with van der Waals surface area (Å²) in [5, 5.41) is 3.05. The summed E-state index contributed by atoms with van der Waals surface area (Å²) >= 11 is 5.77. The van der Waals surface area contributed by atoms with Crippen LogP contribution in [0.3, 0.4) is 0 Å². The van der Waals surface area contributed by atoms with E-state index in [9.17, 15) is 9.59 Å². The molecule has 0 aliphatic heterocycles. The van der Waals surface area contributed by atoms with E-state index in [0.29, 0.717) is 36.5 Å². The number of hydrogen-bond donors (Lipinski definition) is 1. The Bertz CT molecular complexity index is 539. The number of carbonyl (C=O) groups excluding carboxylic acids is 2. The molecule has 0 saturated carbocycles. The molecule has 0 atom stereocenters. The molecule has 0 bridgehead atoms. The smallest absolute Gasteiger partial charge is 0.407 e. The van der Waals surface area contributed by atoms with Crippen LogP contribution in [-0.4, -0.2) is 29.0 Å². The molecule has 0 aliphatic rings. The molecule has 0 fully saturated rings. The molecule has 1 N–H and O–H groups in total. The van der Waals surface area contributed by atoms with Gasteiger partial charge in [-0.2, -0.15) is 0 Å². The molecule has 0 saturated heterocycles. The second-order valence-corrected chi connectivity index (χ2v) is 6.52. The van der Waals surface area contributed by atoms with Crippen molar-refractivity contribution in [1.82, 2.24) is 10.3 Å². The van der Waals surface area contributed by atoms with Crippen molar-refractivity contribution in [3.63, 3.8) is 0 Å². The summed E-state index contributed by atoms with van der Waals surface area (Å²) in [6.45, 7) is 7.76. The third-order valence-corrected chi connectivity index (χ3v) is 3.08. The van der Waals surface area contributed by atoms with E-state index in [1.165, 1.54) is 6.20 Å². The van der Waals surface area contributed by atoms with Gasteiger partial charge in [0.15, 0.2) is 5.78 Å². The predicted octanol–water partition coefficient (Wildman–Crippen LogP) is 3.92. The van der Waals surface area contributed by atoms with Gasteiger partial charge >= 0.3 is 6.09 Å². The SMILES string of the molecule is Cc1cc(Cl)ncc1C(=O)CCCCNC(=O)OC(C)(C)C. The van der Waals surface area contributed by atoms with Crippen LogP contribution in [0.5, 0.6) is 0 Å². The Morgan fingerprint density at radius 1 is 1.32 bits per heavy atom. The van der Waals surface area contributed by atoms with Crippen LogP contribution in [0.4, 0.5) is 4.79 Å². The van der Waals surface area contributed by atoms with Crippen LogP contribution in [-0.2, 0) is 4.74 Å². The van der Waals surface area contributed by atoms with Crippen LogP contribution in [0.1, 0.15) is 56.0 Å². The highest BCUT2D eigenvalue weighted by Crippen LogP contribution is 2.15. The molecule has 1 amide bonds. The fourth-order valence-corrected chi connectivity index (χ4v) is 2.08. The van der Waals surface area contributed by atoms with E-state index < -0.39 is 11.7 Å². The van der Waals surface area contributed by atoms with E-state index in [-0.39, 0.29) is 5.78 Å². The minimum Gasteiger partial charge on any atom is -0.444 e. The third-order valence-electron chi connectivity index (χ3n) is 2.88. The number of hydrogen-bond acceptors (Lipinski definition) is 4. The van der Waals surface area contributed by atoms with Gasteiger partial charge in [0.05, 0.1) is 0 Å². The molecule has 1 aromatic heterocycles. The van der Waals surface area contributed by atoms with Gasteiger partial charge in [-0.1, -0.05) is 11.6 Å². The molecule has 1 rings (SSSR count). The Morgan fingerprint density at radius 2 is 2.00 bits per heavy atom. The number of nitrogens with zero attached hydrogens (tertiary/aromatic N) is 1. The number of pyridine rings is 1. The number of rotatable bonds is 6. The Morgan fingerprint density at radius 3 is 2.59 bits per heavy atom. The normalized spacial score (nSPS) is 11.1. The van der Waals surface area contributed by atoms with Crippen molar-refractivity contribution in [2.24, 2.45) is 0 Å². The van der Waals surface area contributed by atoms with E-state index >= 15 is 0 Å². The van der Waals surface area contributed by atoms with Gasteiger partial charge in [0.25, 0.3) is 0 Å². The Kier molecular flexibility index (Phi) is 6.81. The Balaban J connectivity index is 2.27. The lowest BCUT2D eigenvalue weighted by Crippen LogP contribution is -2.33. The average molecular weight is 327 g/mol. The molecule has 122 valence electrons. The first-order valence-corrected chi connectivity index (χ1v) is 7.69. The highest BCUT2D eigenvalue weighted by atomic mass is 35.5. The van der Waals surface area contributed by atoms with Gasteiger partial charge in [0.1, 0.15) is 10.8 Å². The number of ether oxygens (including phenoxy) is 1. The minimum atomic E-state index is -0.501. The number of alkyl carbamates (subject to hydrolysis) is 1. The number of unbranched alkanes of at least 4 members (excludes halogenated alkanes) is 1. The van der Waals surface area contributed by atoms with Crippen LogP contribution >= 0.6 is 11.6 Å². The lowest BCUT2D eigenvalue weighted by atomic mass is 10.0. The first-order chi connectivity index (χ1) is 10.2. The monoisotopic (exact) mass is 326 g/mol. The summed E-state index contributed by atoms with van der Waals surface area (Å²) in [4.78, 5) is 27.4. The van der Waals surface area contributed by atoms with Gasteiger partial charge < -0.3 is 10.1 Å². The summed E-state index contributed by atoms with van der Waals surface area (Å²) in [6.07, 6.45) is 2.90. The second-order valence-electron chi connectivity index (χ2n) is 6.13. The average Bonchev–Trinajstić information content (AvgIpc) is 2.35. The van der Waals surface area contributed by atoms with Crippen LogP contribution < -0.4 is 5.32 Å². The lowest BCUT2D eigenvalue weighted by molar-refractivity contribution is 0.0527. The predicted molar refractivity (Wildman–Crippen MR) is 86.4 cm³/mol. The summed E-state index contributed by atoms with van der Waals surface area (Å²) in [7, 11) is 0. The van der Waals surface area contributed by atoms with Crippen molar-refractivity contribution in [2.45, 2.75) is 52.6 Å². The van der Waals surface area contributed by atoms with Crippen LogP contribution in [0.15, 0.2) is 12.3 Å². The fourth-order valence-electron chi connectivity index (χ4n) is 1.86. The molecule has 6 heteroatoms. The maximum Gasteiger partial charge on any atom is 0.407 e. The molecule has 0 unspecified atom stereocenters. The van der Waals surface area contributed by atoms with Crippen molar-refractivity contribution >= 4 is 23.5 Å². The molecular weight excluding hydrogens is 304 g/mol. The van der Waals surface area contributed by atoms with E-state index in [2.05, 4.69) is 10.3 Å². The number of carbonyl (C=O) groups is 2. The Hall–Kier alpha value is -1.62. The largest absolute Gasteiger partial charge is 0.444 e. The second kappa shape index (κ2) is 8.13. The van der Waals surface area contributed by atoms with Crippen molar-refractivity contribution in [1.29, 1.82) is 0 Å². The number of Topliss-reactive ketones (excluding diaryl/α,β-unsaturated/α-hetero) is 1. The van der Waals surface area contributed by atoms with Crippen molar-refractivity contribution in [2.75, 3.05) is 6.54 Å². The minimum absolute atomic E-state index is 0.0407. The third kappa shape index (κ3) is 6.89. The van der Waals surface area contributed by atoms with E-state index in [4.69, 9.17) is 16.3 Å². The van der Waals surface area contributed by atoms with Crippen LogP contribution in [0, 0.1) is 6.92 Å². The molecule has 22 heavy (non-hydrogen) atoms. The maximum absolute atomic E-state index is 12.1. The van der Waals surface area contributed by atoms with Gasteiger partial charge in [-0.25, -0.2) is 9.78 Å². The van der Waals surface area contributed by atoms with Crippen molar-refractivity contribution < 1.29 is 14.3 Å². The zero-order chi connectivity index (χ0) is 16.8. The number of amides is 1. The number of halogens is 1. The summed E-state index contributed by atoms with van der Waals surface area (Å²) in [5.74, 6) is 0.0407. The Labute approximate surface area is 136 Å². The molecule has 0 radical (unpaired) electrons. The number of aryl methyl sites for hydroxylation is 1. The fraction of sp³-hybridized carbons (Fsp3) is 0.562. The van der Waals surface area contributed by atoms with E-state index in [1.54, 1.807) is 6.07 Å². The first kappa shape index (κ1) is 18.4. The molecule has 0 aliphatic carbocycles. The van der Waals surface area contributed by atoms with E-state index in [1.807, 2.05) is 27.7 Å². The van der Waals surface area contributed by atoms with Gasteiger partial charge in [-0.3, -0.25) is 4.79 Å².